The molecule has 9 nitrogen and oxygen atoms in total. The summed E-state index contributed by atoms with van der Waals surface area (Å²) in [5, 5.41) is 12.7. The van der Waals surface area contributed by atoms with Gasteiger partial charge in [-0.25, -0.2) is 4.98 Å². The number of hydrogen-bond donors (Lipinski definition) is 1. The minimum atomic E-state index is -0.159. The fourth-order valence-corrected chi connectivity index (χ4v) is 6.21. The Balaban J connectivity index is 1.20. The van der Waals surface area contributed by atoms with Crippen molar-refractivity contribution < 1.29 is 9.53 Å². The van der Waals surface area contributed by atoms with Crippen LogP contribution in [0.3, 0.4) is 0 Å². The largest absolute Gasteiger partial charge is 0.492 e. The fourth-order valence-electron chi connectivity index (χ4n) is 6.21. The number of ether oxygens (including phenoxy) is 1. The minimum Gasteiger partial charge on any atom is -0.492 e. The van der Waals surface area contributed by atoms with Crippen molar-refractivity contribution in [2.45, 2.75) is 37.6 Å². The van der Waals surface area contributed by atoms with Crippen molar-refractivity contribution >= 4 is 16.9 Å². The third kappa shape index (κ3) is 3.93. The Morgan fingerprint density at radius 3 is 2.64 bits per heavy atom. The van der Waals surface area contributed by atoms with Gasteiger partial charge in [0.15, 0.2) is 5.82 Å². The molecule has 194 valence electrons. The van der Waals surface area contributed by atoms with Crippen LogP contribution >= 0.6 is 0 Å². The molecule has 3 fully saturated rings. The summed E-state index contributed by atoms with van der Waals surface area (Å²) in [5.74, 6) is 2.61. The maximum absolute atomic E-state index is 13.3. The molecule has 3 saturated carbocycles. The molecule has 9 heteroatoms. The second kappa shape index (κ2) is 9.27. The highest BCUT2D eigenvalue weighted by atomic mass is 16.5. The van der Waals surface area contributed by atoms with Gasteiger partial charge in [0.1, 0.15) is 22.8 Å². The first kappa shape index (κ1) is 23.5. The van der Waals surface area contributed by atoms with Gasteiger partial charge in [-0.15, -0.1) is 10.2 Å². The van der Waals surface area contributed by atoms with Crippen LogP contribution in [0, 0.1) is 5.92 Å². The molecule has 2 bridgehead atoms. The summed E-state index contributed by atoms with van der Waals surface area (Å²) in [6.45, 7) is 2.53. The van der Waals surface area contributed by atoms with Gasteiger partial charge in [0.05, 0.1) is 23.9 Å². The maximum Gasteiger partial charge on any atom is 0.253 e. The topological polar surface area (TPSA) is 108 Å². The van der Waals surface area contributed by atoms with Gasteiger partial charge >= 0.3 is 0 Å². The molecule has 0 radical (unpaired) electrons. The van der Waals surface area contributed by atoms with Gasteiger partial charge in [-0.3, -0.25) is 19.3 Å². The second-order valence-corrected chi connectivity index (χ2v) is 10.3. The van der Waals surface area contributed by atoms with Crippen LogP contribution in [0.4, 0.5) is 0 Å². The van der Waals surface area contributed by atoms with Crippen molar-refractivity contribution in [3.8, 4) is 23.0 Å². The molecule has 3 aliphatic rings. The third-order valence-electron chi connectivity index (χ3n) is 7.97. The van der Waals surface area contributed by atoms with E-state index in [2.05, 4.69) is 42.1 Å². The highest BCUT2D eigenvalue weighted by Crippen LogP contribution is 2.59. The average Bonchev–Trinajstić information content (AvgIpc) is 3.65. The van der Waals surface area contributed by atoms with Crippen molar-refractivity contribution in [1.82, 2.24) is 35.0 Å². The lowest BCUT2D eigenvalue weighted by molar-refractivity contribution is 0.0929. The van der Waals surface area contributed by atoms with Crippen LogP contribution < -0.4 is 10.1 Å². The normalized spacial score (nSPS) is 21.5. The van der Waals surface area contributed by atoms with E-state index in [0.717, 1.165) is 42.2 Å². The summed E-state index contributed by atoms with van der Waals surface area (Å²) in [4.78, 5) is 26.7. The second-order valence-electron chi connectivity index (χ2n) is 10.3. The van der Waals surface area contributed by atoms with E-state index in [4.69, 9.17) is 9.84 Å². The first-order valence-electron chi connectivity index (χ1n) is 13.3. The molecule has 1 aromatic carbocycles. The molecule has 0 spiro atoms. The van der Waals surface area contributed by atoms with Gasteiger partial charge in [0.25, 0.3) is 5.91 Å². The summed E-state index contributed by atoms with van der Waals surface area (Å²) in [5.41, 5.74) is 3.44. The summed E-state index contributed by atoms with van der Waals surface area (Å²) >= 11 is 0. The number of pyridine rings is 3. The Hall–Kier alpha value is -4.66. The number of hydrogen-bond acceptors (Lipinski definition) is 7. The Kier molecular flexibility index (Phi) is 5.57. The Labute approximate surface area is 225 Å². The Morgan fingerprint density at radius 2 is 1.85 bits per heavy atom. The van der Waals surface area contributed by atoms with Gasteiger partial charge < -0.3 is 10.1 Å². The summed E-state index contributed by atoms with van der Waals surface area (Å²) < 4.78 is 7.70. The first-order chi connectivity index (χ1) is 19.1. The van der Waals surface area contributed by atoms with E-state index >= 15 is 0 Å². The smallest absolute Gasteiger partial charge is 0.253 e. The molecule has 1 atom stereocenters. The molecule has 0 saturated heterocycles. The van der Waals surface area contributed by atoms with Gasteiger partial charge in [-0.05, 0) is 74.6 Å². The standard InChI is InChI=1S/C30H27N7O2/c1-2-39-21-10-11-24(33-18-21)27-35-36-29(37(27)20-7-4-3-5-8-20)30-15-19(16-30)25(17-30)34-28(38)22-12-14-31-23-9-6-13-32-26(22)23/h3-14,18-19,25H,2,15-17H2,1H3,(H,34,38). The van der Waals surface area contributed by atoms with Gasteiger partial charge in [0.2, 0.25) is 0 Å². The molecule has 1 N–H and O–H groups in total. The van der Waals surface area contributed by atoms with Crippen LogP contribution in [0.2, 0.25) is 0 Å². The monoisotopic (exact) mass is 517 g/mol. The number of nitrogens with one attached hydrogen (secondary N) is 1. The SMILES string of the molecule is CCOc1ccc(-c2nnc(C34CC(C3)C(NC(=O)c3ccnc5cccnc35)C4)n2-c2ccccc2)nc1. The summed E-state index contributed by atoms with van der Waals surface area (Å²) in [6, 6.07) is 19.5. The predicted octanol–water partition coefficient (Wildman–Crippen LogP) is 4.52. The molecule has 3 aliphatic carbocycles. The van der Waals surface area contributed by atoms with E-state index in [1.165, 1.54) is 0 Å². The van der Waals surface area contributed by atoms with E-state index in [0.29, 0.717) is 34.9 Å². The number of aromatic nitrogens is 6. The number of carbonyl (C=O) groups excluding carboxylic acids is 1. The average molecular weight is 518 g/mol. The van der Waals surface area contributed by atoms with Crippen molar-refractivity contribution in [2.75, 3.05) is 6.61 Å². The van der Waals surface area contributed by atoms with Crippen molar-refractivity contribution in [1.29, 1.82) is 0 Å². The van der Waals surface area contributed by atoms with E-state index in [1.807, 2.05) is 49.4 Å². The Morgan fingerprint density at radius 1 is 0.974 bits per heavy atom. The van der Waals surface area contributed by atoms with Crippen LogP contribution in [0.25, 0.3) is 28.2 Å². The summed E-state index contributed by atoms with van der Waals surface area (Å²) in [6.07, 6.45) is 7.79. The molecule has 1 unspecified atom stereocenters. The number of fused-ring (bicyclic) bond motifs is 2. The van der Waals surface area contributed by atoms with E-state index in [-0.39, 0.29) is 17.4 Å². The third-order valence-corrected chi connectivity index (χ3v) is 7.97. The first-order valence-corrected chi connectivity index (χ1v) is 13.3. The van der Waals surface area contributed by atoms with Crippen molar-refractivity contribution in [2.24, 2.45) is 5.92 Å². The fraction of sp³-hybridized carbons (Fsp3) is 0.267. The quantitative estimate of drug-likeness (QED) is 0.338. The minimum absolute atomic E-state index is 0.0531. The lowest BCUT2D eigenvalue weighted by Gasteiger charge is -2.37. The molecule has 0 aliphatic heterocycles. The van der Waals surface area contributed by atoms with E-state index < -0.39 is 0 Å². The van der Waals surface area contributed by atoms with Gasteiger partial charge in [-0.1, -0.05) is 18.2 Å². The number of nitrogens with zero attached hydrogens (tertiary/aromatic N) is 6. The van der Waals surface area contributed by atoms with Crippen LogP contribution in [0.1, 0.15) is 42.4 Å². The zero-order valence-electron chi connectivity index (χ0n) is 21.5. The number of para-hydroxylation sites is 1. The zero-order valence-corrected chi connectivity index (χ0v) is 21.5. The lowest BCUT2D eigenvalue weighted by atomic mass is 9.69. The molecule has 1 amide bonds. The molecule has 4 aromatic heterocycles. The van der Waals surface area contributed by atoms with Crippen molar-refractivity contribution in [3.05, 3.63) is 90.6 Å². The zero-order chi connectivity index (χ0) is 26.4. The van der Waals surface area contributed by atoms with Gasteiger partial charge in [-0.2, -0.15) is 0 Å². The molecule has 8 rings (SSSR count). The van der Waals surface area contributed by atoms with E-state index in [1.54, 1.807) is 24.7 Å². The number of amides is 1. The van der Waals surface area contributed by atoms with Crippen molar-refractivity contribution in [3.63, 3.8) is 0 Å². The molecular formula is C30H27N7O2. The van der Waals surface area contributed by atoms with Crippen LogP contribution in [-0.2, 0) is 5.41 Å². The molecule has 4 heterocycles. The molecular weight excluding hydrogens is 490 g/mol. The number of rotatable bonds is 7. The molecule has 39 heavy (non-hydrogen) atoms. The predicted molar refractivity (Wildman–Crippen MR) is 146 cm³/mol. The number of benzene rings is 1. The Bertz CT molecular complexity index is 1660. The van der Waals surface area contributed by atoms with Crippen LogP contribution in [0.15, 0.2) is 79.3 Å². The number of carbonyl (C=O) groups is 1. The van der Waals surface area contributed by atoms with E-state index in [9.17, 15) is 4.79 Å². The highest BCUT2D eigenvalue weighted by molar-refractivity contribution is 6.04. The van der Waals surface area contributed by atoms with Crippen LogP contribution in [0.5, 0.6) is 5.75 Å². The maximum atomic E-state index is 13.3. The highest BCUT2D eigenvalue weighted by Gasteiger charge is 2.60. The van der Waals surface area contributed by atoms with Crippen LogP contribution in [-0.4, -0.2) is 48.3 Å². The molecule has 5 aromatic rings. The summed E-state index contributed by atoms with van der Waals surface area (Å²) in [7, 11) is 0. The lowest BCUT2D eigenvalue weighted by Crippen LogP contribution is -2.38. The van der Waals surface area contributed by atoms with Gasteiger partial charge in [0, 0.05) is 29.5 Å².